The van der Waals surface area contributed by atoms with Crippen LogP contribution in [0.1, 0.15) is 85.7 Å². The van der Waals surface area contributed by atoms with Gasteiger partial charge in [-0.25, -0.2) is 0 Å². The van der Waals surface area contributed by atoms with E-state index in [1.165, 1.54) is 60.8 Å². The van der Waals surface area contributed by atoms with Gasteiger partial charge in [-0.15, -0.1) is 0 Å². The lowest BCUT2D eigenvalue weighted by atomic mass is 9.56. The second-order valence-electron chi connectivity index (χ2n) is 13.2. The van der Waals surface area contributed by atoms with Crippen molar-refractivity contribution in [3.8, 4) is 0 Å². The zero-order valence-corrected chi connectivity index (χ0v) is 23.8. The first-order chi connectivity index (χ1) is 19.5. The fourth-order valence-electron chi connectivity index (χ4n) is 8.81. The van der Waals surface area contributed by atoms with Crippen molar-refractivity contribution in [3.63, 3.8) is 0 Å². The summed E-state index contributed by atoms with van der Waals surface area (Å²) in [5, 5.41) is 0. The molecule has 3 fully saturated rings. The van der Waals surface area contributed by atoms with Gasteiger partial charge in [0, 0.05) is 63.0 Å². The molecule has 1 amide bonds. The maximum atomic E-state index is 13.4. The smallest absolute Gasteiger partial charge is 0.253 e. The molecule has 5 heteroatoms. The number of pyridine rings is 1. The molecule has 1 unspecified atom stereocenters. The Kier molecular flexibility index (Phi) is 6.74. The van der Waals surface area contributed by atoms with Crippen LogP contribution in [0.4, 0.5) is 0 Å². The summed E-state index contributed by atoms with van der Waals surface area (Å²) in [6.45, 7) is 6.63. The summed E-state index contributed by atoms with van der Waals surface area (Å²) < 4.78 is 0. The number of benzene rings is 1. The largest absolute Gasteiger partial charge is 0.336 e. The molecule has 7 rings (SSSR count). The second-order valence-corrected chi connectivity index (χ2v) is 13.2. The first-order valence-corrected chi connectivity index (χ1v) is 15.5. The van der Waals surface area contributed by atoms with E-state index in [4.69, 9.17) is 0 Å². The normalized spacial score (nSPS) is 30.4. The van der Waals surface area contributed by atoms with Crippen molar-refractivity contribution in [1.82, 2.24) is 14.8 Å². The number of piperazine rings is 1. The van der Waals surface area contributed by atoms with Gasteiger partial charge in [0.25, 0.3) is 5.91 Å². The van der Waals surface area contributed by atoms with Gasteiger partial charge in [-0.3, -0.25) is 19.5 Å². The van der Waals surface area contributed by atoms with Crippen LogP contribution in [0.3, 0.4) is 0 Å². The van der Waals surface area contributed by atoms with Crippen molar-refractivity contribution < 1.29 is 9.59 Å². The highest BCUT2D eigenvalue weighted by Gasteiger charge is 2.49. The average molecular weight is 536 g/mol. The van der Waals surface area contributed by atoms with E-state index >= 15 is 0 Å². The molecule has 1 aromatic carbocycles. The molecule has 208 valence electrons. The van der Waals surface area contributed by atoms with Crippen LogP contribution in [-0.2, 0) is 11.3 Å². The quantitative estimate of drug-likeness (QED) is 0.459. The SMILES string of the molecule is C[C@@]12CCC[C@H]1[C@@H]1CCC3=CC(=O)CC(c4ccc(C(=O)N5CCN(Cc6cccnc6)CC5)cc4)C3=C1CC2. The molecule has 2 heterocycles. The number of rotatable bonds is 4. The van der Waals surface area contributed by atoms with Crippen molar-refractivity contribution in [1.29, 1.82) is 0 Å². The third-order valence-electron chi connectivity index (χ3n) is 10.9. The summed E-state index contributed by atoms with van der Waals surface area (Å²) in [5.74, 6) is 2.01. The van der Waals surface area contributed by atoms with Gasteiger partial charge >= 0.3 is 0 Å². The molecule has 5 aliphatic rings. The van der Waals surface area contributed by atoms with Crippen molar-refractivity contribution in [2.24, 2.45) is 17.3 Å². The summed E-state index contributed by atoms with van der Waals surface area (Å²) in [5.41, 5.74) is 8.14. The number of fused-ring (bicyclic) bond motifs is 4. The zero-order valence-electron chi connectivity index (χ0n) is 23.8. The average Bonchev–Trinajstić information content (AvgIpc) is 3.39. The third-order valence-corrected chi connectivity index (χ3v) is 10.9. The van der Waals surface area contributed by atoms with Crippen LogP contribution >= 0.6 is 0 Å². The minimum Gasteiger partial charge on any atom is -0.336 e. The molecule has 0 bridgehead atoms. The Balaban J connectivity index is 1.07. The van der Waals surface area contributed by atoms with E-state index in [0.29, 0.717) is 17.8 Å². The lowest BCUT2D eigenvalue weighted by Gasteiger charge is -2.48. The lowest BCUT2D eigenvalue weighted by Crippen LogP contribution is -2.48. The van der Waals surface area contributed by atoms with Gasteiger partial charge in [0.2, 0.25) is 0 Å². The van der Waals surface area contributed by atoms with Crippen molar-refractivity contribution in [3.05, 3.63) is 88.3 Å². The fourth-order valence-corrected chi connectivity index (χ4v) is 8.81. The molecule has 2 aromatic rings. The maximum absolute atomic E-state index is 13.4. The molecule has 2 saturated carbocycles. The Labute approximate surface area is 238 Å². The number of nitrogens with zero attached hydrogens (tertiary/aromatic N) is 3. The van der Waals surface area contributed by atoms with Gasteiger partial charge in [-0.05, 0) is 102 Å². The first-order valence-electron chi connectivity index (χ1n) is 15.5. The Morgan fingerprint density at radius 3 is 2.62 bits per heavy atom. The van der Waals surface area contributed by atoms with Gasteiger partial charge in [-0.1, -0.05) is 37.1 Å². The number of ketones is 1. The molecule has 1 aromatic heterocycles. The molecule has 1 aliphatic heterocycles. The number of allylic oxidation sites excluding steroid dienone is 4. The summed E-state index contributed by atoms with van der Waals surface area (Å²) in [6, 6.07) is 12.3. The number of amides is 1. The van der Waals surface area contributed by atoms with E-state index in [9.17, 15) is 9.59 Å². The Hall–Kier alpha value is -3.05. The Morgan fingerprint density at radius 2 is 1.85 bits per heavy atom. The zero-order chi connectivity index (χ0) is 27.3. The van der Waals surface area contributed by atoms with Gasteiger partial charge in [0.15, 0.2) is 5.78 Å². The summed E-state index contributed by atoms with van der Waals surface area (Å²) in [4.78, 5) is 34.8. The molecule has 5 nitrogen and oxygen atoms in total. The van der Waals surface area contributed by atoms with E-state index < -0.39 is 0 Å². The topological polar surface area (TPSA) is 53.5 Å². The highest BCUT2D eigenvalue weighted by molar-refractivity contribution is 5.95. The second kappa shape index (κ2) is 10.4. The summed E-state index contributed by atoms with van der Waals surface area (Å²) >= 11 is 0. The van der Waals surface area contributed by atoms with Gasteiger partial charge in [0.05, 0.1) is 0 Å². The lowest BCUT2D eigenvalue weighted by molar-refractivity contribution is -0.115. The predicted octanol–water partition coefficient (Wildman–Crippen LogP) is 6.33. The van der Waals surface area contributed by atoms with Crippen LogP contribution in [0.25, 0.3) is 0 Å². The Bertz CT molecular complexity index is 1350. The molecule has 40 heavy (non-hydrogen) atoms. The van der Waals surface area contributed by atoms with Crippen LogP contribution in [-0.4, -0.2) is 52.7 Å². The van der Waals surface area contributed by atoms with Crippen LogP contribution in [0.5, 0.6) is 0 Å². The molecule has 4 atom stereocenters. The molecule has 4 aliphatic carbocycles. The molecular weight excluding hydrogens is 494 g/mol. The maximum Gasteiger partial charge on any atom is 0.253 e. The molecular formula is C35H41N3O2. The molecule has 0 radical (unpaired) electrons. The van der Waals surface area contributed by atoms with E-state index in [0.717, 1.165) is 50.6 Å². The fraction of sp³-hybridized carbons (Fsp3) is 0.514. The highest BCUT2D eigenvalue weighted by atomic mass is 16.2. The van der Waals surface area contributed by atoms with E-state index in [1.807, 2.05) is 35.4 Å². The predicted molar refractivity (Wildman–Crippen MR) is 157 cm³/mol. The highest BCUT2D eigenvalue weighted by Crippen LogP contribution is 2.61. The van der Waals surface area contributed by atoms with Crippen molar-refractivity contribution in [2.45, 2.75) is 70.8 Å². The minimum absolute atomic E-state index is 0.112. The van der Waals surface area contributed by atoms with Gasteiger partial charge in [0.1, 0.15) is 0 Å². The number of hydrogen-bond donors (Lipinski definition) is 0. The molecule has 0 spiro atoms. The number of carbonyl (C=O) groups is 2. The standard InChI is InChI=1S/C35H41N3O2/c1-35-13-2-5-32(35)29-11-10-27-20-28(39)21-31(33(27)30(29)12-14-35)25-6-8-26(9-7-25)34(40)38-18-16-37(17-19-38)23-24-4-3-15-36-22-24/h3-4,6-9,15,20,22,29,31-32H,2,5,10-14,16-19,21,23H2,1H3/t29-,31?,32+,35+/m1/s1. The third kappa shape index (κ3) is 4.66. The first kappa shape index (κ1) is 25.9. The Morgan fingerprint density at radius 1 is 1.02 bits per heavy atom. The van der Waals surface area contributed by atoms with E-state index in [1.54, 1.807) is 11.8 Å². The molecule has 1 saturated heterocycles. The number of aromatic nitrogens is 1. The van der Waals surface area contributed by atoms with E-state index in [2.05, 4.69) is 35.0 Å². The minimum atomic E-state index is 0.112. The number of carbonyl (C=O) groups excluding carboxylic acids is 2. The van der Waals surface area contributed by atoms with E-state index in [-0.39, 0.29) is 17.6 Å². The van der Waals surface area contributed by atoms with Crippen molar-refractivity contribution >= 4 is 11.7 Å². The van der Waals surface area contributed by atoms with Gasteiger partial charge in [-0.2, -0.15) is 0 Å². The monoisotopic (exact) mass is 535 g/mol. The number of hydrogen-bond acceptors (Lipinski definition) is 4. The molecule has 0 N–H and O–H groups in total. The van der Waals surface area contributed by atoms with Crippen LogP contribution in [0.15, 0.2) is 71.6 Å². The summed E-state index contributed by atoms with van der Waals surface area (Å²) in [7, 11) is 0. The van der Waals surface area contributed by atoms with Gasteiger partial charge < -0.3 is 4.90 Å². The van der Waals surface area contributed by atoms with Crippen LogP contribution in [0.2, 0.25) is 0 Å². The van der Waals surface area contributed by atoms with Crippen molar-refractivity contribution in [2.75, 3.05) is 26.2 Å². The van der Waals surface area contributed by atoms with Crippen LogP contribution < -0.4 is 0 Å². The summed E-state index contributed by atoms with van der Waals surface area (Å²) in [6.07, 6.45) is 15.1. The van der Waals surface area contributed by atoms with Crippen LogP contribution in [0, 0.1) is 17.3 Å².